The first kappa shape index (κ1) is 20.3. The summed E-state index contributed by atoms with van der Waals surface area (Å²) in [5.41, 5.74) is 1.82. The van der Waals surface area contributed by atoms with Crippen LogP contribution in [0.3, 0.4) is 0 Å². The fraction of sp³-hybridized carbons (Fsp3) is 0.130. The predicted molar refractivity (Wildman–Crippen MR) is 120 cm³/mol. The Morgan fingerprint density at radius 2 is 1.42 bits per heavy atom. The van der Waals surface area contributed by atoms with Crippen molar-refractivity contribution in [2.75, 3.05) is 9.96 Å². The number of hydrogen-bond acceptors (Lipinski definition) is 4. The molecule has 2 amide bonds. The van der Waals surface area contributed by atoms with Gasteiger partial charge in [0.2, 0.25) is 5.91 Å². The molecule has 0 saturated carbocycles. The molecule has 0 aliphatic carbocycles. The molecule has 0 aromatic heterocycles. The van der Waals surface area contributed by atoms with Crippen LogP contribution in [0.4, 0.5) is 11.4 Å². The van der Waals surface area contributed by atoms with Crippen LogP contribution >= 0.6 is 34.8 Å². The molecule has 0 unspecified atom stereocenters. The number of hydrogen-bond donors (Lipinski definition) is 0. The standard InChI is InChI=1S/C23H15Cl3N2O3/c24-13-6-9-15(10-7-13)27-22(29)19-20(17-11-8-14(25)12-18(17)26)28(31-21(19)23(27)30)16-4-2-1-3-5-16/h1-12,19-21H/t19-,20-,21-/m0/s1. The van der Waals surface area contributed by atoms with Gasteiger partial charge in [0.05, 0.1) is 17.4 Å². The summed E-state index contributed by atoms with van der Waals surface area (Å²) in [5.74, 6) is -1.56. The molecule has 0 N–H and O–H groups in total. The number of carbonyl (C=O) groups excluding carboxylic acids is 2. The zero-order valence-corrected chi connectivity index (χ0v) is 18.2. The molecule has 8 heteroatoms. The van der Waals surface area contributed by atoms with Crippen LogP contribution in [0.15, 0.2) is 72.8 Å². The molecule has 2 heterocycles. The number of halogens is 3. The van der Waals surface area contributed by atoms with Crippen molar-refractivity contribution in [1.29, 1.82) is 0 Å². The lowest BCUT2D eigenvalue weighted by Crippen LogP contribution is -2.37. The van der Waals surface area contributed by atoms with Gasteiger partial charge in [0.25, 0.3) is 5.91 Å². The van der Waals surface area contributed by atoms with E-state index in [1.54, 1.807) is 47.5 Å². The fourth-order valence-corrected chi connectivity index (χ4v) is 4.76. The van der Waals surface area contributed by atoms with Gasteiger partial charge in [-0.3, -0.25) is 14.4 Å². The van der Waals surface area contributed by atoms with Gasteiger partial charge < -0.3 is 0 Å². The molecule has 3 aromatic carbocycles. The number of amides is 2. The van der Waals surface area contributed by atoms with E-state index in [0.717, 1.165) is 4.90 Å². The largest absolute Gasteiger partial charge is 0.273 e. The second-order valence-electron chi connectivity index (χ2n) is 7.31. The third-order valence-corrected chi connectivity index (χ3v) is 6.31. The van der Waals surface area contributed by atoms with Gasteiger partial charge in [-0.15, -0.1) is 0 Å². The van der Waals surface area contributed by atoms with E-state index in [4.69, 9.17) is 39.6 Å². The molecule has 3 aromatic rings. The molecule has 5 nitrogen and oxygen atoms in total. The number of rotatable bonds is 3. The Bertz CT molecular complexity index is 1170. The van der Waals surface area contributed by atoms with Crippen molar-refractivity contribution < 1.29 is 14.4 Å². The fourth-order valence-electron chi connectivity index (χ4n) is 4.12. The van der Waals surface area contributed by atoms with Crippen LogP contribution in [0.2, 0.25) is 15.1 Å². The van der Waals surface area contributed by atoms with Crippen molar-refractivity contribution in [1.82, 2.24) is 0 Å². The van der Waals surface area contributed by atoms with Crippen molar-refractivity contribution in [3.63, 3.8) is 0 Å². The first-order chi connectivity index (χ1) is 15.0. The molecule has 0 radical (unpaired) electrons. The van der Waals surface area contributed by atoms with Crippen molar-refractivity contribution in [3.8, 4) is 0 Å². The van der Waals surface area contributed by atoms with E-state index in [1.165, 1.54) is 0 Å². The van der Waals surface area contributed by atoms with Crippen LogP contribution < -0.4 is 9.96 Å². The third-order valence-electron chi connectivity index (χ3n) is 5.49. The van der Waals surface area contributed by atoms with Gasteiger partial charge in [0.15, 0.2) is 6.10 Å². The molecule has 2 aliphatic rings. The highest BCUT2D eigenvalue weighted by Gasteiger charge is 2.60. The first-order valence-electron chi connectivity index (χ1n) is 9.55. The minimum Gasteiger partial charge on any atom is -0.273 e. The van der Waals surface area contributed by atoms with E-state index >= 15 is 0 Å². The van der Waals surface area contributed by atoms with Crippen molar-refractivity contribution in [3.05, 3.63) is 93.4 Å². The number of anilines is 2. The Morgan fingerprint density at radius 3 is 2.10 bits per heavy atom. The van der Waals surface area contributed by atoms with Crippen LogP contribution in [0.25, 0.3) is 0 Å². The summed E-state index contributed by atoms with van der Waals surface area (Å²) in [5, 5.41) is 2.99. The molecule has 2 saturated heterocycles. The SMILES string of the molecule is O=C1[C@@H]2[C@H](ON(c3ccccc3)[C@H]2c2ccc(Cl)cc2Cl)C(=O)N1c1ccc(Cl)cc1. The zero-order chi connectivity index (χ0) is 21.7. The second kappa shape index (κ2) is 7.84. The topological polar surface area (TPSA) is 49.9 Å². The average Bonchev–Trinajstić information content (AvgIpc) is 3.26. The second-order valence-corrected chi connectivity index (χ2v) is 8.59. The van der Waals surface area contributed by atoms with Crippen LogP contribution in [0.1, 0.15) is 11.6 Å². The summed E-state index contributed by atoms with van der Waals surface area (Å²) in [6.07, 6.45) is -0.972. The lowest BCUT2D eigenvalue weighted by Gasteiger charge is -2.29. The van der Waals surface area contributed by atoms with E-state index < -0.39 is 24.0 Å². The quantitative estimate of drug-likeness (QED) is 0.458. The molecular formula is C23H15Cl3N2O3. The van der Waals surface area contributed by atoms with Gasteiger partial charge >= 0.3 is 0 Å². The summed E-state index contributed by atoms with van der Waals surface area (Å²) in [6.45, 7) is 0. The number of nitrogens with zero attached hydrogens (tertiary/aromatic N) is 2. The molecule has 0 bridgehead atoms. The van der Waals surface area contributed by atoms with Crippen LogP contribution in [-0.4, -0.2) is 17.9 Å². The molecule has 2 aliphatic heterocycles. The Morgan fingerprint density at radius 1 is 0.742 bits per heavy atom. The van der Waals surface area contributed by atoms with Crippen molar-refractivity contribution in [2.45, 2.75) is 12.1 Å². The Labute approximate surface area is 193 Å². The molecular weight excluding hydrogens is 459 g/mol. The molecule has 31 heavy (non-hydrogen) atoms. The van der Waals surface area contributed by atoms with E-state index in [2.05, 4.69) is 0 Å². The van der Waals surface area contributed by atoms with Crippen molar-refractivity contribution in [2.24, 2.45) is 5.92 Å². The smallest absolute Gasteiger partial charge is 0.266 e. The number of benzene rings is 3. The molecule has 5 rings (SSSR count). The van der Waals surface area contributed by atoms with Gasteiger partial charge in [-0.05, 0) is 54.1 Å². The maximum absolute atomic E-state index is 13.5. The maximum Gasteiger partial charge on any atom is 0.266 e. The number of carbonyl (C=O) groups is 2. The molecule has 3 atom stereocenters. The van der Waals surface area contributed by atoms with Gasteiger partial charge in [-0.2, -0.15) is 0 Å². The highest BCUT2D eigenvalue weighted by Crippen LogP contribution is 2.49. The van der Waals surface area contributed by atoms with E-state index in [1.807, 2.05) is 30.3 Å². The third kappa shape index (κ3) is 3.38. The maximum atomic E-state index is 13.5. The molecule has 156 valence electrons. The summed E-state index contributed by atoms with van der Waals surface area (Å²) < 4.78 is 0. The number of para-hydroxylation sites is 1. The Kier molecular flexibility index (Phi) is 5.15. The zero-order valence-electron chi connectivity index (χ0n) is 15.9. The average molecular weight is 474 g/mol. The minimum absolute atomic E-state index is 0.355. The van der Waals surface area contributed by atoms with Crippen LogP contribution in [0, 0.1) is 5.92 Å². The Hall–Kier alpha value is -2.57. The van der Waals surface area contributed by atoms with Gasteiger partial charge in [-0.25, -0.2) is 9.96 Å². The highest BCUT2D eigenvalue weighted by molar-refractivity contribution is 6.35. The first-order valence-corrected chi connectivity index (χ1v) is 10.7. The summed E-state index contributed by atoms with van der Waals surface area (Å²) in [4.78, 5) is 34.0. The van der Waals surface area contributed by atoms with E-state index in [9.17, 15) is 9.59 Å². The van der Waals surface area contributed by atoms with Crippen LogP contribution in [-0.2, 0) is 14.4 Å². The summed E-state index contributed by atoms with van der Waals surface area (Å²) in [7, 11) is 0. The number of imide groups is 1. The van der Waals surface area contributed by atoms with Crippen molar-refractivity contribution >= 4 is 58.0 Å². The van der Waals surface area contributed by atoms with Gasteiger partial charge in [0, 0.05) is 15.1 Å². The monoisotopic (exact) mass is 472 g/mol. The lowest BCUT2D eigenvalue weighted by molar-refractivity contribution is -0.126. The lowest BCUT2D eigenvalue weighted by atomic mass is 9.90. The summed E-state index contributed by atoms with van der Waals surface area (Å²) in [6, 6.07) is 20.3. The minimum atomic E-state index is -0.972. The van der Waals surface area contributed by atoms with E-state index in [-0.39, 0.29) is 5.91 Å². The highest BCUT2D eigenvalue weighted by atomic mass is 35.5. The van der Waals surface area contributed by atoms with Gasteiger partial charge in [-0.1, -0.05) is 59.1 Å². The van der Waals surface area contributed by atoms with Gasteiger partial charge in [0.1, 0.15) is 5.92 Å². The van der Waals surface area contributed by atoms with E-state index in [0.29, 0.717) is 32.0 Å². The normalized spacial score (nSPS) is 22.9. The molecule has 2 fully saturated rings. The summed E-state index contributed by atoms with van der Waals surface area (Å²) >= 11 is 18.6. The number of hydroxylamine groups is 1. The molecule has 0 spiro atoms. The Balaban J connectivity index is 1.61. The van der Waals surface area contributed by atoms with Crippen LogP contribution in [0.5, 0.6) is 0 Å². The number of fused-ring (bicyclic) bond motifs is 1. The predicted octanol–water partition coefficient (Wildman–Crippen LogP) is 5.70.